The standard InChI is InChI=1S/C15H13ClF3N3O3/c1-3-25-20-8-9-6-10(4-5-11(9)16)22-13(23)7-12(15(17,18)19)21(2)14(22)24/h4-8H,3H2,1-2H3. The summed E-state index contributed by atoms with van der Waals surface area (Å²) in [6.45, 7) is 2.05. The molecule has 2 aromatic rings. The Balaban J connectivity index is 2.64. The van der Waals surface area contributed by atoms with Crippen molar-refractivity contribution < 1.29 is 18.0 Å². The Labute approximate surface area is 144 Å². The number of alkyl halides is 3. The largest absolute Gasteiger partial charge is 0.431 e. The molecule has 1 heterocycles. The molecule has 134 valence electrons. The third kappa shape index (κ3) is 3.93. The van der Waals surface area contributed by atoms with Crippen LogP contribution in [0.4, 0.5) is 13.2 Å². The van der Waals surface area contributed by atoms with Gasteiger partial charge in [0.25, 0.3) is 5.56 Å². The molecule has 1 aromatic carbocycles. The van der Waals surface area contributed by atoms with Crippen molar-refractivity contribution >= 4 is 17.8 Å². The molecule has 0 saturated carbocycles. The highest BCUT2D eigenvalue weighted by atomic mass is 35.5. The Morgan fingerprint density at radius 2 is 1.96 bits per heavy atom. The van der Waals surface area contributed by atoms with Crippen LogP contribution in [0.5, 0.6) is 0 Å². The summed E-state index contributed by atoms with van der Waals surface area (Å²) in [7, 11) is 0.939. The van der Waals surface area contributed by atoms with Crippen LogP contribution in [-0.4, -0.2) is 22.0 Å². The molecule has 0 bridgehead atoms. The Hall–Kier alpha value is -2.55. The fourth-order valence-corrected chi connectivity index (χ4v) is 2.24. The fourth-order valence-electron chi connectivity index (χ4n) is 2.07. The summed E-state index contributed by atoms with van der Waals surface area (Å²) >= 11 is 5.99. The highest BCUT2D eigenvalue weighted by Crippen LogP contribution is 2.27. The van der Waals surface area contributed by atoms with Crippen LogP contribution in [0.1, 0.15) is 18.2 Å². The van der Waals surface area contributed by atoms with Crippen molar-refractivity contribution in [2.24, 2.45) is 12.2 Å². The topological polar surface area (TPSA) is 65.6 Å². The van der Waals surface area contributed by atoms with Gasteiger partial charge in [-0.15, -0.1) is 0 Å². The van der Waals surface area contributed by atoms with Crippen LogP contribution >= 0.6 is 11.6 Å². The molecule has 10 heteroatoms. The average Bonchev–Trinajstić information content (AvgIpc) is 2.53. The van der Waals surface area contributed by atoms with Gasteiger partial charge in [0, 0.05) is 23.7 Å². The number of oxime groups is 1. The molecule has 0 saturated heterocycles. The van der Waals surface area contributed by atoms with Gasteiger partial charge in [0.2, 0.25) is 0 Å². The van der Waals surface area contributed by atoms with E-state index in [9.17, 15) is 22.8 Å². The zero-order valence-corrected chi connectivity index (χ0v) is 13.9. The predicted octanol–water partition coefficient (Wildman–Crippen LogP) is 2.58. The highest BCUT2D eigenvalue weighted by Gasteiger charge is 2.35. The number of benzene rings is 1. The van der Waals surface area contributed by atoms with Gasteiger partial charge in [-0.05, 0) is 25.1 Å². The summed E-state index contributed by atoms with van der Waals surface area (Å²) in [6.07, 6.45) is -3.55. The molecule has 0 aliphatic heterocycles. The second-order valence-electron chi connectivity index (χ2n) is 4.90. The molecule has 2 rings (SSSR count). The first-order chi connectivity index (χ1) is 11.7. The van der Waals surface area contributed by atoms with Gasteiger partial charge in [0.15, 0.2) is 0 Å². The van der Waals surface area contributed by atoms with Gasteiger partial charge in [0.05, 0.1) is 11.9 Å². The highest BCUT2D eigenvalue weighted by molar-refractivity contribution is 6.33. The number of nitrogens with zero attached hydrogens (tertiary/aromatic N) is 3. The van der Waals surface area contributed by atoms with Crippen molar-refractivity contribution in [3.8, 4) is 5.69 Å². The lowest BCUT2D eigenvalue weighted by Gasteiger charge is -2.14. The molecule has 1 aromatic heterocycles. The van der Waals surface area contributed by atoms with E-state index in [-0.39, 0.29) is 10.7 Å². The Kier molecular flexibility index (Phi) is 5.36. The molecule has 0 unspecified atom stereocenters. The van der Waals surface area contributed by atoms with Gasteiger partial charge in [-0.1, -0.05) is 16.8 Å². The minimum atomic E-state index is -4.82. The second-order valence-corrected chi connectivity index (χ2v) is 5.31. The molecule has 25 heavy (non-hydrogen) atoms. The molecule has 0 N–H and O–H groups in total. The van der Waals surface area contributed by atoms with Gasteiger partial charge in [0.1, 0.15) is 12.3 Å². The van der Waals surface area contributed by atoms with E-state index in [1.807, 2.05) is 0 Å². The maximum atomic E-state index is 12.9. The molecular weight excluding hydrogens is 363 g/mol. The first-order valence-corrected chi connectivity index (χ1v) is 7.40. The van der Waals surface area contributed by atoms with E-state index in [0.29, 0.717) is 27.4 Å². The molecule has 0 aliphatic carbocycles. The predicted molar refractivity (Wildman–Crippen MR) is 86.5 cm³/mol. The fraction of sp³-hybridized carbons (Fsp3) is 0.267. The third-order valence-corrected chi connectivity index (χ3v) is 3.59. The van der Waals surface area contributed by atoms with E-state index < -0.39 is 23.1 Å². The summed E-state index contributed by atoms with van der Waals surface area (Å²) in [5.74, 6) is 0. The monoisotopic (exact) mass is 375 g/mol. The number of halogens is 4. The average molecular weight is 376 g/mol. The minimum Gasteiger partial charge on any atom is -0.396 e. The van der Waals surface area contributed by atoms with E-state index >= 15 is 0 Å². The molecule has 0 fully saturated rings. The zero-order valence-electron chi connectivity index (χ0n) is 13.2. The van der Waals surface area contributed by atoms with Crippen molar-refractivity contribution in [1.29, 1.82) is 0 Å². The lowest BCUT2D eigenvalue weighted by molar-refractivity contribution is -0.144. The van der Waals surface area contributed by atoms with Crippen LogP contribution < -0.4 is 11.2 Å². The van der Waals surface area contributed by atoms with Crippen LogP contribution in [-0.2, 0) is 18.1 Å². The molecule has 6 nitrogen and oxygen atoms in total. The van der Waals surface area contributed by atoms with Crippen LogP contribution in [0.25, 0.3) is 5.69 Å². The smallest absolute Gasteiger partial charge is 0.396 e. The number of hydrogen-bond acceptors (Lipinski definition) is 4. The maximum absolute atomic E-state index is 12.9. The Bertz CT molecular complexity index is 932. The quantitative estimate of drug-likeness (QED) is 0.609. The zero-order chi connectivity index (χ0) is 18.8. The van der Waals surface area contributed by atoms with E-state index in [4.69, 9.17) is 16.4 Å². The van der Waals surface area contributed by atoms with Crippen LogP contribution in [0, 0.1) is 0 Å². The second kappa shape index (κ2) is 7.14. The number of rotatable bonds is 4. The van der Waals surface area contributed by atoms with Crippen LogP contribution in [0.3, 0.4) is 0 Å². The van der Waals surface area contributed by atoms with Crippen molar-refractivity contribution in [2.75, 3.05) is 6.61 Å². The Morgan fingerprint density at radius 3 is 2.56 bits per heavy atom. The number of hydrogen-bond donors (Lipinski definition) is 0. The maximum Gasteiger partial charge on any atom is 0.431 e. The summed E-state index contributed by atoms with van der Waals surface area (Å²) in [5, 5.41) is 3.90. The van der Waals surface area contributed by atoms with Gasteiger partial charge >= 0.3 is 11.9 Å². The number of aromatic nitrogens is 2. The SMILES string of the molecule is CCON=Cc1cc(-n2c(=O)cc(C(F)(F)F)n(C)c2=O)ccc1Cl. The van der Waals surface area contributed by atoms with Crippen molar-refractivity contribution in [1.82, 2.24) is 9.13 Å². The first kappa shape index (κ1) is 18.8. The van der Waals surface area contributed by atoms with E-state index in [2.05, 4.69) is 5.16 Å². The van der Waals surface area contributed by atoms with Gasteiger partial charge in [-0.2, -0.15) is 13.2 Å². The van der Waals surface area contributed by atoms with Crippen molar-refractivity contribution in [2.45, 2.75) is 13.1 Å². The van der Waals surface area contributed by atoms with Gasteiger partial charge in [-0.3, -0.25) is 9.36 Å². The lowest BCUT2D eigenvalue weighted by Crippen LogP contribution is -2.40. The molecular formula is C15H13ClF3N3O3. The Morgan fingerprint density at radius 1 is 1.28 bits per heavy atom. The molecule has 0 spiro atoms. The molecule has 0 radical (unpaired) electrons. The normalized spacial score (nSPS) is 11.9. The van der Waals surface area contributed by atoms with E-state index in [0.717, 1.165) is 7.05 Å². The minimum absolute atomic E-state index is 0.0571. The van der Waals surface area contributed by atoms with Crippen molar-refractivity contribution in [3.05, 3.63) is 61.4 Å². The third-order valence-electron chi connectivity index (χ3n) is 3.24. The summed E-state index contributed by atoms with van der Waals surface area (Å²) < 4.78 is 39.6. The van der Waals surface area contributed by atoms with Gasteiger partial charge in [-0.25, -0.2) is 9.36 Å². The van der Waals surface area contributed by atoms with E-state index in [1.54, 1.807) is 6.92 Å². The van der Waals surface area contributed by atoms with Gasteiger partial charge < -0.3 is 4.84 Å². The molecule has 0 aliphatic rings. The summed E-state index contributed by atoms with van der Waals surface area (Å²) in [6, 6.07) is 4.45. The van der Waals surface area contributed by atoms with Crippen LogP contribution in [0.15, 0.2) is 39.0 Å². The van der Waals surface area contributed by atoms with Crippen molar-refractivity contribution in [3.63, 3.8) is 0 Å². The summed E-state index contributed by atoms with van der Waals surface area (Å²) in [5.41, 5.74) is -3.17. The van der Waals surface area contributed by atoms with E-state index in [1.165, 1.54) is 24.4 Å². The molecule has 0 amide bonds. The lowest BCUT2D eigenvalue weighted by atomic mass is 10.2. The summed E-state index contributed by atoms with van der Waals surface area (Å²) in [4.78, 5) is 29.1. The first-order valence-electron chi connectivity index (χ1n) is 7.02. The van der Waals surface area contributed by atoms with Crippen LogP contribution in [0.2, 0.25) is 5.02 Å². The molecule has 0 atom stereocenters.